The molecule has 0 saturated carbocycles. The van der Waals surface area contributed by atoms with Crippen LogP contribution in [-0.4, -0.2) is 18.7 Å². The van der Waals surface area contributed by atoms with Gasteiger partial charge >= 0.3 is 0 Å². The number of carbonyl (C=O) groups excluding carboxylic acids is 1. The zero-order chi connectivity index (χ0) is 19.9. The lowest BCUT2D eigenvalue weighted by atomic mass is 10.2. The number of halogens is 1. The minimum atomic E-state index is -0.208. The first-order valence-corrected chi connectivity index (χ1v) is 10.2. The smallest absolute Gasteiger partial charge is 0.258 e. The lowest BCUT2D eigenvalue weighted by Crippen LogP contribution is -2.10. The van der Waals surface area contributed by atoms with Gasteiger partial charge in [0, 0.05) is 22.5 Å². The van der Waals surface area contributed by atoms with Crippen molar-refractivity contribution in [1.82, 2.24) is 0 Å². The first-order chi connectivity index (χ1) is 13.5. The van der Waals surface area contributed by atoms with E-state index in [1.165, 1.54) is 11.3 Å². The molecule has 1 N–H and O–H groups in total. The van der Waals surface area contributed by atoms with Crippen molar-refractivity contribution >= 4 is 45.7 Å². The molecule has 0 spiro atoms. The molecule has 6 heteroatoms. The number of hydrogen-bond acceptors (Lipinski definition) is 4. The van der Waals surface area contributed by atoms with Gasteiger partial charge in [0.25, 0.3) is 5.91 Å². The first kappa shape index (κ1) is 20.1. The SMILES string of the molecule is CC(C)COc1ccccc1/C=N/c1sccc1C(=O)Nc1ccc(Cl)cc1. The topological polar surface area (TPSA) is 50.7 Å². The van der Waals surface area contributed by atoms with Gasteiger partial charge in [-0.25, -0.2) is 4.99 Å². The van der Waals surface area contributed by atoms with E-state index in [0.717, 1.165) is 11.3 Å². The molecule has 0 fully saturated rings. The Bertz CT molecular complexity index is 965. The predicted octanol–water partition coefficient (Wildman–Crippen LogP) is 6.44. The van der Waals surface area contributed by atoms with Gasteiger partial charge in [-0.05, 0) is 53.8 Å². The summed E-state index contributed by atoms with van der Waals surface area (Å²) in [5, 5.41) is 5.98. The van der Waals surface area contributed by atoms with Crippen molar-refractivity contribution in [2.75, 3.05) is 11.9 Å². The molecule has 1 aromatic heterocycles. The van der Waals surface area contributed by atoms with Gasteiger partial charge in [0.1, 0.15) is 10.8 Å². The van der Waals surface area contributed by atoms with Gasteiger partial charge in [-0.1, -0.05) is 37.6 Å². The van der Waals surface area contributed by atoms with E-state index in [4.69, 9.17) is 16.3 Å². The summed E-state index contributed by atoms with van der Waals surface area (Å²) in [7, 11) is 0. The van der Waals surface area contributed by atoms with Gasteiger partial charge < -0.3 is 10.1 Å². The van der Waals surface area contributed by atoms with Crippen LogP contribution in [-0.2, 0) is 0 Å². The molecular weight excluding hydrogens is 392 g/mol. The third kappa shape index (κ3) is 5.44. The maximum atomic E-state index is 12.6. The molecule has 0 aliphatic rings. The number of carbonyl (C=O) groups is 1. The van der Waals surface area contributed by atoms with Crippen LogP contribution in [0.25, 0.3) is 0 Å². The van der Waals surface area contributed by atoms with E-state index in [0.29, 0.717) is 33.8 Å². The third-order valence-corrected chi connectivity index (χ3v) is 4.88. The number of aliphatic imine (C=N–C) groups is 1. The molecule has 1 heterocycles. The van der Waals surface area contributed by atoms with Crippen molar-refractivity contribution in [3.63, 3.8) is 0 Å². The Balaban J connectivity index is 1.75. The summed E-state index contributed by atoms with van der Waals surface area (Å²) in [6.45, 7) is 4.85. The summed E-state index contributed by atoms with van der Waals surface area (Å²) < 4.78 is 5.86. The normalized spacial score (nSPS) is 11.1. The molecule has 1 amide bonds. The highest BCUT2D eigenvalue weighted by molar-refractivity contribution is 7.14. The highest BCUT2D eigenvalue weighted by Crippen LogP contribution is 2.28. The molecule has 0 saturated heterocycles. The van der Waals surface area contributed by atoms with E-state index in [9.17, 15) is 4.79 Å². The third-order valence-electron chi connectivity index (χ3n) is 3.80. The Morgan fingerprint density at radius 3 is 2.68 bits per heavy atom. The molecule has 0 unspecified atom stereocenters. The van der Waals surface area contributed by atoms with Gasteiger partial charge in [0.05, 0.1) is 12.2 Å². The second kappa shape index (κ2) is 9.53. The number of nitrogens with one attached hydrogen (secondary N) is 1. The predicted molar refractivity (Wildman–Crippen MR) is 118 cm³/mol. The summed E-state index contributed by atoms with van der Waals surface area (Å²) in [4.78, 5) is 17.1. The van der Waals surface area contributed by atoms with Crippen LogP contribution in [0, 0.1) is 5.92 Å². The standard InChI is InChI=1S/C22H21ClN2O2S/c1-15(2)14-27-20-6-4-3-5-16(20)13-24-22-19(11-12-28-22)21(26)25-18-9-7-17(23)8-10-18/h3-13,15H,14H2,1-2H3,(H,25,26)/b24-13+. The van der Waals surface area contributed by atoms with Crippen LogP contribution in [0.2, 0.25) is 5.02 Å². The van der Waals surface area contributed by atoms with Crippen molar-refractivity contribution in [1.29, 1.82) is 0 Å². The molecule has 28 heavy (non-hydrogen) atoms. The fourth-order valence-electron chi connectivity index (χ4n) is 2.41. The molecule has 0 aliphatic carbocycles. The number of ether oxygens (including phenoxy) is 1. The number of para-hydroxylation sites is 1. The molecular formula is C22H21ClN2O2S. The van der Waals surface area contributed by atoms with Crippen LogP contribution in [0.1, 0.15) is 29.8 Å². The van der Waals surface area contributed by atoms with E-state index in [-0.39, 0.29) is 5.91 Å². The number of anilines is 1. The average Bonchev–Trinajstić information content (AvgIpc) is 3.16. The zero-order valence-electron chi connectivity index (χ0n) is 15.7. The minimum absolute atomic E-state index is 0.208. The van der Waals surface area contributed by atoms with Crippen molar-refractivity contribution in [3.05, 3.63) is 76.1 Å². The molecule has 2 aromatic carbocycles. The van der Waals surface area contributed by atoms with E-state index in [2.05, 4.69) is 24.2 Å². The molecule has 0 aliphatic heterocycles. The highest BCUT2D eigenvalue weighted by Gasteiger charge is 2.13. The monoisotopic (exact) mass is 412 g/mol. The Morgan fingerprint density at radius 1 is 1.18 bits per heavy atom. The van der Waals surface area contributed by atoms with E-state index in [1.807, 2.05) is 29.6 Å². The largest absolute Gasteiger partial charge is 0.493 e. The summed E-state index contributed by atoms with van der Waals surface area (Å²) >= 11 is 7.30. The number of thiophene rings is 1. The van der Waals surface area contributed by atoms with Crippen LogP contribution in [0.5, 0.6) is 5.75 Å². The van der Waals surface area contributed by atoms with Crippen LogP contribution < -0.4 is 10.1 Å². The van der Waals surface area contributed by atoms with Gasteiger partial charge in [-0.2, -0.15) is 0 Å². The van der Waals surface area contributed by atoms with Crippen LogP contribution in [0.4, 0.5) is 10.7 Å². The molecule has 144 valence electrons. The van der Waals surface area contributed by atoms with Gasteiger partial charge in [-0.15, -0.1) is 11.3 Å². The van der Waals surface area contributed by atoms with Gasteiger partial charge in [0.2, 0.25) is 0 Å². The second-order valence-corrected chi connectivity index (χ2v) is 7.93. The maximum Gasteiger partial charge on any atom is 0.258 e. The molecule has 0 radical (unpaired) electrons. The maximum absolute atomic E-state index is 12.6. The lowest BCUT2D eigenvalue weighted by molar-refractivity contribution is 0.102. The number of benzene rings is 2. The fraction of sp³-hybridized carbons (Fsp3) is 0.182. The molecule has 3 rings (SSSR count). The van der Waals surface area contributed by atoms with Crippen molar-refractivity contribution in [2.24, 2.45) is 10.9 Å². The van der Waals surface area contributed by atoms with E-state index in [1.54, 1.807) is 36.5 Å². The Hall–Kier alpha value is -2.63. The molecule has 4 nitrogen and oxygen atoms in total. The number of hydrogen-bond donors (Lipinski definition) is 1. The molecule has 0 atom stereocenters. The van der Waals surface area contributed by atoms with Crippen molar-refractivity contribution in [2.45, 2.75) is 13.8 Å². The summed E-state index contributed by atoms with van der Waals surface area (Å²) in [6, 6.07) is 16.5. The summed E-state index contributed by atoms with van der Waals surface area (Å²) in [5.41, 5.74) is 2.08. The van der Waals surface area contributed by atoms with Crippen LogP contribution >= 0.6 is 22.9 Å². The van der Waals surface area contributed by atoms with Crippen LogP contribution in [0.3, 0.4) is 0 Å². The van der Waals surface area contributed by atoms with Crippen LogP contribution in [0.15, 0.2) is 65.0 Å². The van der Waals surface area contributed by atoms with E-state index >= 15 is 0 Å². The Kier molecular flexibility index (Phi) is 6.85. The van der Waals surface area contributed by atoms with E-state index < -0.39 is 0 Å². The quantitative estimate of drug-likeness (QED) is 0.454. The molecule has 0 bridgehead atoms. The Labute approximate surface area is 173 Å². The lowest BCUT2D eigenvalue weighted by Gasteiger charge is -2.10. The molecule has 3 aromatic rings. The zero-order valence-corrected chi connectivity index (χ0v) is 17.3. The van der Waals surface area contributed by atoms with Gasteiger partial charge in [-0.3, -0.25) is 4.79 Å². The Morgan fingerprint density at radius 2 is 1.93 bits per heavy atom. The number of amides is 1. The highest BCUT2D eigenvalue weighted by atomic mass is 35.5. The van der Waals surface area contributed by atoms with Crippen molar-refractivity contribution < 1.29 is 9.53 Å². The summed E-state index contributed by atoms with van der Waals surface area (Å²) in [5.74, 6) is 1.01. The second-order valence-electron chi connectivity index (χ2n) is 6.60. The minimum Gasteiger partial charge on any atom is -0.493 e. The first-order valence-electron chi connectivity index (χ1n) is 8.93. The summed E-state index contributed by atoms with van der Waals surface area (Å²) in [6.07, 6.45) is 1.74. The van der Waals surface area contributed by atoms with Crippen molar-refractivity contribution in [3.8, 4) is 5.75 Å². The average molecular weight is 413 g/mol. The fourth-order valence-corrected chi connectivity index (χ4v) is 3.27. The van der Waals surface area contributed by atoms with Gasteiger partial charge in [0.15, 0.2) is 0 Å². The number of rotatable bonds is 7. The number of nitrogens with zero attached hydrogens (tertiary/aromatic N) is 1.